The Bertz CT molecular complexity index is 157. The van der Waals surface area contributed by atoms with Crippen LogP contribution in [0, 0.1) is 14.0 Å². The van der Waals surface area contributed by atoms with Crippen LogP contribution < -0.4 is 0 Å². The maximum Gasteiger partial charge on any atom is 4.00 e. The zero-order chi connectivity index (χ0) is 9.07. The van der Waals surface area contributed by atoms with Gasteiger partial charge in [0.05, 0.1) is 0 Å². The monoisotopic (exact) mass is 262 g/mol. The molecule has 2 rings (SSSR count). The van der Waals surface area contributed by atoms with Crippen molar-refractivity contribution < 1.29 is 26.2 Å². The van der Waals surface area contributed by atoms with Gasteiger partial charge in [-0.1, -0.05) is 0 Å². The van der Waals surface area contributed by atoms with Crippen LogP contribution in [0.25, 0.3) is 0 Å². The maximum absolute atomic E-state index is 4.25. The second kappa shape index (κ2) is 18.2. The number of rotatable bonds is 0. The first kappa shape index (κ1) is 19.0. The van der Waals surface area contributed by atoms with Gasteiger partial charge in [0.15, 0.2) is 0 Å². The largest absolute Gasteiger partial charge is 4.00 e. The first-order valence-electron chi connectivity index (χ1n) is 3.74. The third kappa shape index (κ3) is 13.9. The fraction of sp³-hybridized carbons (Fsp3) is 0. The van der Waals surface area contributed by atoms with E-state index in [-0.39, 0.29) is 33.6 Å². The van der Waals surface area contributed by atoms with E-state index >= 15 is 0 Å². The van der Waals surface area contributed by atoms with Crippen molar-refractivity contribution in [3.05, 3.63) is 81.2 Å². The molecule has 0 saturated carbocycles. The summed E-state index contributed by atoms with van der Waals surface area (Å²) in [5.74, 6) is 0. The van der Waals surface area contributed by atoms with Crippen molar-refractivity contribution in [2.45, 2.75) is 0 Å². The summed E-state index contributed by atoms with van der Waals surface area (Å²) in [5, 5.41) is 0. The van der Waals surface area contributed by atoms with E-state index in [9.17, 15) is 0 Å². The van der Waals surface area contributed by atoms with Crippen LogP contribution in [0.4, 0.5) is 0 Å². The third-order valence-electron chi connectivity index (χ3n) is 1.11. The molecule has 0 aromatic heterocycles. The van der Waals surface area contributed by atoms with Crippen LogP contribution in [0.15, 0.2) is 67.2 Å². The molecular formula is C13H16Zr. The zero-order valence-electron chi connectivity index (χ0n) is 8.56. The number of hydrogen-bond donors (Lipinski definition) is 0. The van der Waals surface area contributed by atoms with E-state index in [1.165, 1.54) is 0 Å². The van der Waals surface area contributed by atoms with Gasteiger partial charge < -0.3 is 14.0 Å². The Hall–Kier alpha value is -0.677. The molecule has 1 heteroatoms. The Morgan fingerprint density at radius 2 is 0.929 bits per heavy atom. The maximum atomic E-state index is 4.25. The quantitative estimate of drug-likeness (QED) is 0.633. The normalized spacial score (nSPS) is 6.00. The van der Waals surface area contributed by atoms with Crippen molar-refractivity contribution in [3.63, 3.8) is 0 Å². The van der Waals surface area contributed by atoms with Crippen LogP contribution in [0.1, 0.15) is 0 Å². The third-order valence-corrected chi connectivity index (χ3v) is 1.11. The SMILES string of the molecule is [CH-]=C.[CH3-].[Zr+4].c1cc[cH-]c1.c1cc[cH-]c1. The Balaban J connectivity index is -0.000000131. The van der Waals surface area contributed by atoms with E-state index in [2.05, 4.69) is 13.2 Å². The smallest absolute Gasteiger partial charge is 0.521 e. The van der Waals surface area contributed by atoms with E-state index < -0.39 is 0 Å². The summed E-state index contributed by atoms with van der Waals surface area (Å²) in [7, 11) is 0. The molecule has 72 valence electrons. The van der Waals surface area contributed by atoms with Crippen LogP contribution in [0.3, 0.4) is 0 Å². The van der Waals surface area contributed by atoms with Crippen molar-refractivity contribution >= 4 is 0 Å². The molecule has 0 heterocycles. The molecule has 0 atom stereocenters. The molecule has 0 unspecified atom stereocenters. The predicted octanol–water partition coefficient (Wildman–Crippen LogP) is 3.86. The van der Waals surface area contributed by atoms with Gasteiger partial charge in [0.1, 0.15) is 0 Å². The fourth-order valence-corrected chi connectivity index (χ4v) is 0.642. The van der Waals surface area contributed by atoms with Crippen LogP contribution >= 0.6 is 0 Å². The molecule has 0 bridgehead atoms. The van der Waals surface area contributed by atoms with Gasteiger partial charge in [-0.2, -0.15) is 36.4 Å². The van der Waals surface area contributed by atoms with Crippen LogP contribution in [0.5, 0.6) is 0 Å². The molecule has 0 spiro atoms. The molecule has 14 heavy (non-hydrogen) atoms. The number of hydrogen-bond acceptors (Lipinski definition) is 0. The Morgan fingerprint density at radius 3 is 1.00 bits per heavy atom. The van der Waals surface area contributed by atoms with Gasteiger partial charge >= 0.3 is 26.2 Å². The molecular weight excluding hydrogens is 247 g/mol. The molecule has 2 aromatic carbocycles. The van der Waals surface area contributed by atoms with Gasteiger partial charge in [-0.25, -0.2) is 24.3 Å². The van der Waals surface area contributed by atoms with E-state index in [1.54, 1.807) is 0 Å². The molecule has 0 N–H and O–H groups in total. The topological polar surface area (TPSA) is 0 Å². The fourth-order valence-electron chi connectivity index (χ4n) is 0.642. The summed E-state index contributed by atoms with van der Waals surface area (Å²) in [5.41, 5.74) is 0. The van der Waals surface area contributed by atoms with Crippen LogP contribution in [0.2, 0.25) is 0 Å². The van der Waals surface area contributed by atoms with E-state index in [4.69, 9.17) is 0 Å². The van der Waals surface area contributed by atoms with Gasteiger partial charge in [-0.05, 0) is 0 Å². The molecule has 2 aromatic rings. The summed E-state index contributed by atoms with van der Waals surface area (Å²) in [4.78, 5) is 0. The average Bonchev–Trinajstić information content (AvgIpc) is 2.87. The summed E-state index contributed by atoms with van der Waals surface area (Å²) in [6, 6.07) is 20.0. The second-order valence-electron chi connectivity index (χ2n) is 1.92. The Morgan fingerprint density at radius 1 is 0.714 bits per heavy atom. The van der Waals surface area contributed by atoms with Gasteiger partial charge in [0, 0.05) is 0 Å². The van der Waals surface area contributed by atoms with Crippen LogP contribution in [-0.2, 0) is 26.2 Å². The van der Waals surface area contributed by atoms with Gasteiger partial charge in [0.25, 0.3) is 0 Å². The molecule has 0 fully saturated rings. The zero-order valence-corrected chi connectivity index (χ0v) is 11.0. The molecule has 0 aliphatic heterocycles. The minimum absolute atomic E-state index is 0. The predicted molar refractivity (Wildman–Crippen MR) is 60.4 cm³/mol. The van der Waals surface area contributed by atoms with Gasteiger partial charge in [-0.3, -0.25) is 6.58 Å². The molecule has 0 saturated heterocycles. The summed E-state index contributed by atoms with van der Waals surface area (Å²) in [6.45, 7) is 7.00. The second-order valence-corrected chi connectivity index (χ2v) is 1.92. The summed E-state index contributed by atoms with van der Waals surface area (Å²) >= 11 is 0. The van der Waals surface area contributed by atoms with Crippen molar-refractivity contribution in [2.75, 3.05) is 0 Å². The van der Waals surface area contributed by atoms with Crippen molar-refractivity contribution in [1.82, 2.24) is 0 Å². The van der Waals surface area contributed by atoms with E-state index in [1.807, 2.05) is 60.7 Å². The Labute approximate surface area is 107 Å². The first-order chi connectivity index (χ1) is 6.00. The van der Waals surface area contributed by atoms with Gasteiger partial charge in [-0.15, -0.1) is 0 Å². The minimum Gasteiger partial charge on any atom is -0.521 e. The van der Waals surface area contributed by atoms with Crippen molar-refractivity contribution in [3.8, 4) is 0 Å². The summed E-state index contributed by atoms with van der Waals surface area (Å²) in [6.07, 6.45) is 0. The standard InChI is InChI=1S/2C5H5.C2H3.CH3.Zr/c2*1-2-4-5-3-1;1-2;;/h2*1-5H;1H,2H2;1H3;/q4*-1;+4. The average molecular weight is 263 g/mol. The molecule has 0 amide bonds. The van der Waals surface area contributed by atoms with Gasteiger partial charge in [0.2, 0.25) is 0 Å². The van der Waals surface area contributed by atoms with Crippen molar-refractivity contribution in [1.29, 1.82) is 0 Å². The van der Waals surface area contributed by atoms with Crippen LogP contribution in [-0.4, -0.2) is 0 Å². The van der Waals surface area contributed by atoms with E-state index in [0.717, 1.165) is 0 Å². The summed E-state index contributed by atoms with van der Waals surface area (Å²) < 4.78 is 0. The molecule has 0 radical (unpaired) electrons. The minimum atomic E-state index is 0. The molecule has 0 nitrogen and oxygen atoms in total. The first-order valence-corrected chi connectivity index (χ1v) is 3.74. The van der Waals surface area contributed by atoms with E-state index in [0.29, 0.717) is 0 Å². The molecule has 0 aliphatic carbocycles. The molecule has 0 aliphatic rings. The Kier molecular flexibility index (Phi) is 24.7. The van der Waals surface area contributed by atoms with Crippen molar-refractivity contribution in [2.24, 2.45) is 0 Å².